The van der Waals surface area contributed by atoms with Crippen LogP contribution in [0, 0.1) is 34.6 Å². The van der Waals surface area contributed by atoms with Crippen molar-refractivity contribution in [2.75, 3.05) is 18.0 Å². The number of oxime groups is 1. The molecule has 0 amide bonds. The molecule has 1 aliphatic rings. The van der Waals surface area contributed by atoms with Gasteiger partial charge in [-0.15, -0.1) is 0 Å². The third kappa shape index (κ3) is 5.16. The Morgan fingerprint density at radius 1 is 1.09 bits per heavy atom. The zero-order valence-electron chi connectivity index (χ0n) is 21.5. The van der Waals surface area contributed by atoms with Crippen molar-refractivity contribution in [1.29, 1.82) is 0 Å². The van der Waals surface area contributed by atoms with Crippen LogP contribution in [0.2, 0.25) is 0 Å². The van der Waals surface area contributed by atoms with Crippen LogP contribution < -0.4 is 4.90 Å². The van der Waals surface area contributed by atoms with E-state index < -0.39 is 0 Å². The molecule has 3 aromatic rings. The zero-order chi connectivity index (χ0) is 24.4. The van der Waals surface area contributed by atoms with E-state index in [1.165, 1.54) is 33.6 Å². The fourth-order valence-corrected chi connectivity index (χ4v) is 4.73. The van der Waals surface area contributed by atoms with Gasteiger partial charge in [-0.2, -0.15) is 0 Å². The molecule has 34 heavy (non-hydrogen) atoms. The lowest BCUT2D eigenvalue weighted by atomic mass is 9.97. The molecule has 0 bridgehead atoms. The van der Waals surface area contributed by atoms with Crippen molar-refractivity contribution in [3.05, 3.63) is 63.7 Å². The molecule has 0 saturated carbocycles. The largest absolute Gasteiger partial charge is 0.385 e. The molecule has 0 spiro atoms. The van der Waals surface area contributed by atoms with Crippen LogP contribution >= 0.6 is 0 Å². The van der Waals surface area contributed by atoms with Crippen molar-refractivity contribution in [2.24, 2.45) is 5.16 Å². The normalized spacial score (nSPS) is 14.8. The van der Waals surface area contributed by atoms with Gasteiger partial charge >= 0.3 is 0 Å². The molecule has 4 rings (SSSR count). The van der Waals surface area contributed by atoms with Crippen LogP contribution in [0.25, 0.3) is 11.3 Å². The molecule has 1 atom stereocenters. The highest BCUT2D eigenvalue weighted by atomic mass is 16.6. The van der Waals surface area contributed by atoms with Gasteiger partial charge in [0.15, 0.2) is 11.9 Å². The molecule has 0 aliphatic carbocycles. The summed E-state index contributed by atoms with van der Waals surface area (Å²) in [5, 5.41) is 8.69. The summed E-state index contributed by atoms with van der Waals surface area (Å²) in [6.45, 7) is 16.5. The lowest BCUT2D eigenvalue weighted by Crippen LogP contribution is -2.32. The van der Waals surface area contributed by atoms with Crippen LogP contribution in [-0.4, -0.2) is 28.9 Å². The molecule has 0 radical (unpaired) electrons. The standard InChI is InChI=1S/C28H36N4O2/c1-17-13-19(3)28(20(4)14-17)25-16-27(34-31-25)23(7)33-30-21(5)10-12-32-11-8-9-24-26(32)15-18(2)22(6)29-24/h13-16,23H,8-12H2,1-7H3/t23-/m0/s1. The van der Waals surface area contributed by atoms with Gasteiger partial charge in [0.25, 0.3) is 0 Å². The fourth-order valence-electron chi connectivity index (χ4n) is 4.73. The smallest absolute Gasteiger partial charge is 0.184 e. The first kappa shape index (κ1) is 24.0. The Balaban J connectivity index is 1.37. The number of nitrogens with zero attached hydrogens (tertiary/aromatic N) is 4. The third-order valence-corrected chi connectivity index (χ3v) is 6.68. The van der Waals surface area contributed by atoms with E-state index in [0.717, 1.165) is 55.0 Å². The molecule has 1 aliphatic heterocycles. The average molecular weight is 461 g/mol. The summed E-state index contributed by atoms with van der Waals surface area (Å²) >= 11 is 0. The summed E-state index contributed by atoms with van der Waals surface area (Å²) in [5.74, 6) is 0.674. The number of pyridine rings is 1. The number of anilines is 1. The molecular formula is C28H36N4O2. The number of aryl methyl sites for hydroxylation is 6. The van der Waals surface area contributed by atoms with Gasteiger partial charge in [0.1, 0.15) is 5.69 Å². The first-order valence-corrected chi connectivity index (χ1v) is 12.2. The Kier molecular flexibility index (Phi) is 7.05. The number of fused-ring (bicyclic) bond motifs is 1. The highest BCUT2D eigenvalue weighted by molar-refractivity contribution is 5.82. The van der Waals surface area contributed by atoms with Crippen LogP contribution in [0.15, 0.2) is 33.9 Å². The molecule has 3 heterocycles. The monoisotopic (exact) mass is 460 g/mol. The van der Waals surface area contributed by atoms with Gasteiger partial charge in [-0.3, -0.25) is 4.98 Å². The van der Waals surface area contributed by atoms with E-state index in [1.807, 2.05) is 19.9 Å². The van der Waals surface area contributed by atoms with Crippen LogP contribution in [-0.2, 0) is 11.3 Å². The molecule has 2 aromatic heterocycles. The van der Waals surface area contributed by atoms with Crippen LogP contribution in [0.5, 0.6) is 0 Å². The van der Waals surface area contributed by atoms with Gasteiger partial charge in [-0.05, 0) is 84.1 Å². The fraction of sp³-hybridized carbons (Fsp3) is 0.464. The highest BCUT2D eigenvalue weighted by Gasteiger charge is 2.20. The quantitative estimate of drug-likeness (QED) is 0.294. The first-order chi connectivity index (χ1) is 16.2. The Bertz CT molecular complexity index is 1190. The van der Waals surface area contributed by atoms with E-state index in [2.05, 4.69) is 68.0 Å². The van der Waals surface area contributed by atoms with Crippen molar-refractivity contribution in [3.63, 3.8) is 0 Å². The minimum absolute atomic E-state index is 0.312. The van der Waals surface area contributed by atoms with E-state index in [9.17, 15) is 0 Å². The maximum atomic E-state index is 5.79. The van der Waals surface area contributed by atoms with Crippen LogP contribution in [0.4, 0.5) is 5.69 Å². The van der Waals surface area contributed by atoms with Crippen LogP contribution in [0.1, 0.15) is 72.2 Å². The topological polar surface area (TPSA) is 63.8 Å². The minimum Gasteiger partial charge on any atom is -0.385 e. The maximum Gasteiger partial charge on any atom is 0.184 e. The predicted octanol–water partition coefficient (Wildman–Crippen LogP) is 6.58. The Hall–Kier alpha value is -3.15. The minimum atomic E-state index is -0.312. The van der Waals surface area contributed by atoms with Crippen molar-refractivity contribution in [2.45, 2.75) is 73.8 Å². The second kappa shape index (κ2) is 10.00. The number of rotatable bonds is 7. The Morgan fingerprint density at radius 3 is 2.56 bits per heavy atom. The molecule has 0 saturated heterocycles. The van der Waals surface area contributed by atoms with E-state index in [0.29, 0.717) is 5.76 Å². The van der Waals surface area contributed by atoms with Gasteiger partial charge in [0.05, 0.1) is 17.1 Å². The summed E-state index contributed by atoms with van der Waals surface area (Å²) in [7, 11) is 0. The summed E-state index contributed by atoms with van der Waals surface area (Å²) in [6, 6.07) is 8.58. The number of hydrogen-bond donors (Lipinski definition) is 0. The van der Waals surface area contributed by atoms with E-state index in [4.69, 9.17) is 14.3 Å². The molecular weight excluding hydrogens is 424 g/mol. The van der Waals surface area contributed by atoms with Gasteiger partial charge in [0, 0.05) is 36.8 Å². The van der Waals surface area contributed by atoms with Crippen molar-refractivity contribution < 1.29 is 9.36 Å². The molecule has 6 nitrogen and oxygen atoms in total. The molecule has 180 valence electrons. The lowest BCUT2D eigenvalue weighted by Gasteiger charge is -2.31. The Morgan fingerprint density at radius 2 is 1.82 bits per heavy atom. The maximum absolute atomic E-state index is 5.79. The van der Waals surface area contributed by atoms with Gasteiger partial charge in [-0.1, -0.05) is 28.0 Å². The van der Waals surface area contributed by atoms with Gasteiger partial charge in [-0.25, -0.2) is 0 Å². The lowest BCUT2D eigenvalue weighted by molar-refractivity contribution is 0.0513. The van der Waals surface area contributed by atoms with E-state index in [-0.39, 0.29) is 6.10 Å². The van der Waals surface area contributed by atoms with E-state index >= 15 is 0 Å². The first-order valence-electron chi connectivity index (χ1n) is 12.2. The second-order valence-electron chi connectivity index (χ2n) is 9.66. The summed E-state index contributed by atoms with van der Waals surface area (Å²) in [5.41, 5.74) is 11.4. The van der Waals surface area contributed by atoms with Crippen molar-refractivity contribution in [3.8, 4) is 11.3 Å². The third-order valence-electron chi connectivity index (χ3n) is 6.68. The summed E-state index contributed by atoms with van der Waals surface area (Å²) in [6.07, 6.45) is 2.72. The average Bonchev–Trinajstić information content (AvgIpc) is 3.26. The molecule has 6 heteroatoms. The zero-order valence-corrected chi connectivity index (χ0v) is 21.5. The van der Waals surface area contributed by atoms with Gasteiger partial charge < -0.3 is 14.3 Å². The second-order valence-corrected chi connectivity index (χ2v) is 9.66. The SMILES string of the molecule is CC(CCN1CCCc2nc(C)c(C)cc21)=NO[C@@H](C)c1cc(-c2c(C)cc(C)cc2C)no1. The molecule has 0 N–H and O–H groups in total. The summed E-state index contributed by atoms with van der Waals surface area (Å²) < 4.78 is 5.61. The molecule has 0 fully saturated rings. The number of benzene rings is 1. The predicted molar refractivity (Wildman–Crippen MR) is 138 cm³/mol. The van der Waals surface area contributed by atoms with Crippen molar-refractivity contribution >= 4 is 11.4 Å². The van der Waals surface area contributed by atoms with Crippen LogP contribution in [0.3, 0.4) is 0 Å². The number of hydrogen-bond acceptors (Lipinski definition) is 6. The molecule has 1 aromatic carbocycles. The number of aromatic nitrogens is 2. The van der Waals surface area contributed by atoms with Crippen molar-refractivity contribution in [1.82, 2.24) is 10.1 Å². The molecule has 0 unspecified atom stereocenters. The highest BCUT2D eigenvalue weighted by Crippen LogP contribution is 2.31. The Labute approximate surface area is 203 Å². The summed E-state index contributed by atoms with van der Waals surface area (Å²) in [4.78, 5) is 13.0. The van der Waals surface area contributed by atoms with E-state index in [1.54, 1.807) is 0 Å². The van der Waals surface area contributed by atoms with Gasteiger partial charge in [0.2, 0.25) is 0 Å².